The average molecular weight is 428 g/mol. The summed E-state index contributed by atoms with van der Waals surface area (Å²) in [5.74, 6) is -1.13. The Balaban J connectivity index is 2.02. The van der Waals surface area contributed by atoms with Crippen LogP contribution in [0.2, 0.25) is 0 Å². The van der Waals surface area contributed by atoms with E-state index in [0.29, 0.717) is 23.1 Å². The lowest BCUT2D eigenvalue weighted by Crippen LogP contribution is -2.14. The number of rotatable bonds is 7. The highest BCUT2D eigenvalue weighted by molar-refractivity contribution is 6.00. The monoisotopic (exact) mass is 428 g/mol. The van der Waals surface area contributed by atoms with E-state index in [9.17, 15) is 14.4 Å². The zero-order chi connectivity index (χ0) is 23.1. The molecule has 0 aliphatic heterocycles. The van der Waals surface area contributed by atoms with E-state index >= 15 is 0 Å². The first kappa shape index (κ1) is 22.7. The molecule has 0 aliphatic carbocycles. The Labute approximate surface area is 187 Å². The summed E-state index contributed by atoms with van der Waals surface area (Å²) < 4.78 is 11.2. The summed E-state index contributed by atoms with van der Waals surface area (Å²) in [6.45, 7) is 5.31. The number of carbonyl (C=O) groups is 3. The Morgan fingerprint density at radius 3 is 1.69 bits per heavy atom. The van der Waals surface area contributed by atoms with Crippen LogP contribution in [0.15, 0.2) is 84.4 Å². The summed E-state index contributed by atoms with van der Waals surface area (Å²) in [6.07, 6.45) is 2.42. The van der Waals surface area contributed by atoms with Crippen LogP contribution < -0.4 is 9.47 Å². The van der Waals surface area contributed by atoms with Crippen molar-refractivity contribution in [2.45, 2.75) is 27.2 Å². The minimum absolute atomic E-state index is 0.0446. The first-order chi connectivity index (χ1) is 15.3. The van der Waals surface area contributed by atoms with Crippen molar-refractivity contribution in [3.63, 3.8) is 0 Å². The van der Waals surface area contributed by atoms with Gasteiger partial charge >= 0.3 is 11.9 Å². The van der Waals surface area contributed by atoms with Gasteiger partial charge in [-0.3, -0.25) is 4.79 Å². The number of allylic oxidation sites excluding steroid dienone is 2. The van der Waals surface area contributed by atoms with Gasteiger partial charge in [0.15, 0.2) is 5.78 Å². The molecule has 0 heterocycles. The topological polar surface area (TPSA) is 69.7 Å². The number of ketones is 1. The molecule has 0 aromatic heterocycles. The molecular formula is C27H24O5. The fourth-order valence-corrected chi connectivity index (χ4v) is 3.00. The van der Waals surface area contributed by atoms with E-state index in [2.05, 4.69) is 0 Å². The predicted octanol–water partition coefficient (Wildman–Crippen LogP) is 5.84. The van der Waals surface area contributed by atoms with Crippen LogP contribution >= 0.6 is 0 Å². The molecule has 0 saturated carbocycles. The fraction of sp³-hybridized carbons (Fsp3) is 0.148. The van der Waals surface area contributed by atoms with E-state index in [-0.39, 0.29) is 22.8 Å². The number of Topliss-reactive ketones (excluding diaryl/α,β-unsaturated/α-hetero) is 1. The molecule has 0 spiro atoms. The molecule has 3 aromatic carbocycles. The molecule has 0 N–H and O–H groups in total. The van der Waals surface area contributed by atoms with Gasteiger partial charge in [0.2, 0.25) is 0 Å². The molecule has 0 atom stereocenters. The summed E-state index contributed by atoms with van der Waals surface area (Å²) in [6, 6.07) is 20.1. The van der Waals surface area contributed by atoms with Crippen LogP contribution in [-0.4, -0.2) is 17.7 Å². The van der Waals surface area contributed by atoms with Crippen molar-refractivity contribution in [2.75, 3.05) is 0 Å². The summed E-state index contributed by atoms with van der Waals surface area (Å²) >= 11 is 0. The number of hydrogen-bond acceptors (Lipinski definition) is 5. The summed E-state index contributed by atoms with van der Waals surface area (Å²) in [5, 5.41) is 0. The van der Waals surface area contributed by atoms with Crippen molar-refractivity contribution in [3.8, 4) is 11.5 Å². The van der Waals surface area contributed by atoms with Crippen molar-refractivity contribution in [1.29, 1.82) is 0 Å². The molecule has 3 rings (SSSR count). The highest BCUT2D eigenvalue weighted by atomic mass is 16.5. The molecular weight excluding hydrogens is 404 g/mol. The molecule has 5 heteroatoms. The Bertz CT molecular complexity index is 1160. The second kappa shape index (κ2) is 10.4. The highest BCUT2D eigenvalue weighted by Crippen LogP contribution is 2.32. The molecule has 5 nitrogen and oxygen atoms in total. The second-order valence-corrected chi connectivity index (χ2v) is 7.51. The maximum absolute atomic E-state index is 12.7. The van der Waals surface area contributed by atoms with E-state index < -0.39 is 11.9 Å². The largest absolute Gasteiger partial charge is 0.422 e. The van der Waals surface area contributed by atoms with Gasteiger partial charge in [-0.25, -0.2) is 9.59 Å². The summed E-state index contributed by atoms with van der Waals surface area (Å²) in [4.78, 5) is 37.6. The number of hydrogen-bond donors (Lipinski definition) is 0. The Morgan fingerprint density at radius 1 is 0.719 bits per heavy atom. The average Bonchev–Trinajstić information content (AvgIpc) is 2.79. The molecule has 0 amide bonds. The summed E-state index contributed by atoms with van der Waals surface area (Å²) in [7, 11) is 0. The van der Waals surface area contributed by atoms with Crippen LogP contribution in [0.3, 0.4) is 0 Å². The zero-order valence-corrected chi connectivity index (χ0v) is 18.3. The van der Waals surface area contributed by atoms with Crippen LogP contribution in [0.5, 0.6) is 11.5 Å². The van der Waals surface area contributed by atoms with Crippen molar-refractivity contribution in [1.82, 2.24) is 0 Å². The SMILES string of the molecule is CC(=O)c1cc(CC=C(C)C)c(OC(=O)c2ccccc2)cc1OC(=O)c1ccccc1. The minimum atomic E-state index is -0.606. The minimum Gasteiger partial charge on any atom is -0.422 e. The van der Waals surface area contributed by atoms with Crippen molar-refractivity contribution in [2.24, 2.45) is 0 Å². The maximum atomic E-state index is 12.7. The number of carbonyl (C=O) groups excluding carboxylic acids is 3. The third kappa shape index (κ3) is 5.79. The van der Waals surface area contributed by atoms with Gasteiger partial charge in [-0.15, -0.1) is 0 Å². The molecule has 0 fully saturated rings. The van der Waals surface area contributed by atoms with E-state index in [1.54, 1.807) is 66.7 Å². The van der Waals surface area contributed by atoms with E-state index in [0.717, 1.165) is 5.57 Å². The summed E-state index contributed by atoms with van der Waals surface area (Å²) in [5.41, 5.74) is 2.69. The van der Waals surface area contributed by atoms with Gasteiger partial charge in [0.25, 0.3) is 0 Å². The van der Waals surface area contributed by atoms with Crippen LogP contribution in [0.25, 0.3) is 0 Å². The van der Waals surface area contributed by atoms with E-state index in [1.165, 1.54) is 13.0 Å². The van der Waals surface area contributed by atoms with Crippen molar-refractivity contribution in [3.05, 3.63) is 107 Å². The predicted molar refractivity (Wildman–Crippen MR) is 122 cm³/mol. The van der Waals surface area contributed by atoms with E-state index in [4.69, 9.17) is 9.47 Å². The third-order valence-corrected chi connectivity index (χ3v) is 4.70. The first-order valence-electron chi connectivity index (χ1n) is 10.2. The number of benzene rings is 3. The van der Waals surface area contributed by atoms with Gasteiger partial charge in [0.05, 0.1) is 16.7 Å². The van der Waals surface area contributed by atoms with Crippen LogP contribution in [0.1, 0.15) is 57.4 Å². The molecule has 0 unspecified atom stereocenters. The van der Waals surface area contributed by atoms with Crippen molar-refractivity contribution < 1.29 is 23.9 Å². The second-order valence-electron chi connectivity index (χ2n) is 7.51. The zero-order valence-electron chi connectivity index (χ0n) is 18.3. The lowest BCUT2D eigenvalue weighted by Gasteiger charge is -2.15. The Hall–Kier alpha value is -3.99. The van der Waals surface area contributed by atoms with Gasteiger partial charge in [-0.2, -0.15) is 0 Å². The molecule has 162 valence electrons. The van der Waals surface area contributed by atoms with Crippen LogP contribution in [0.4, 0.5) is 0 Å². The van der Waals surface area contributed by atoms with E-state index in [1.807, 2.05) is 19.9 Å². The van der Waals surface area contributed by atoms with Gasteiger partial charge < -0.3 is 9.47 Å². The molecule has 32 heavy (non-hydrogen) atoms. The van der Waals surface area contributed by atoms with Gasteiger partial charge in [-0.1, -0.05) is 48.0 Å². The molecule has 0 bridgehead atoms. The van der Waals surface area contributed by atoms with Gasteiger partial charge in [0.1, 0.15) is 11.5 Å². The fourth-order valence-electron chi connectivity index (χ4n) is 3.00. The lowest BCUT2D eigenvalue weighted by molar-refractivity contribution is 0.0731. The maximum Gasteiger partial charge on any atom is 0.343 e. The van der Waals surface area contributed by atoms with Crippen LogP contribution in [-0.2, 0) is 6.42 Å². The first-order valence-corrected chi connectivity index (χ1v) is 10.2. The normalized spacial score (nSPS) is 10.2. The third-order valence-electron chi connectivity index (χ3n) is 4.70. The number of ether oxygens (including phenoxy) is 2. The quantitative estimate of drug-likeness (QED) is 0.205. The van der Waals surface area contributed by atoms with Gasteiger partial charge in [0, 0.05) is 6.07 Å². The van der Waals surface area contributed by atoms with Crippen molar-refractivity contribution >= 4 is 17.7 Å². The molecule has 0 saturated heterocycles. The molecule has 0 radical (unpaired) electrons. The highest BCUT2D eigenvalue weighted by Gasteiger charge is 2.20. The lowest BCUT2D eigenvalue weighted by atomic mass is 10.0. The van der Waals surface area contributed by atoms with Gasteiger partial charge in [-0.05, 0) is 63.1 Å². The smallest absolute Gasteiger partial charge is 0.343 e. The van der Waals surface area contributed by atoms with Crippen LogP contribution in [0, 0.1) is 0 Å². The molecule has 3 aromatic rings. The number of esters is 2. The Kier molecular flexibility index (Phi) is 7.34. The molecule has 0 aliphatic rings. The Morgan fingerprint density at radius 2 is 1.22 bits per heavy atom. The standard InChI is InChI=1S/C27H24O5/c1-18(2)14-15-22-16-23(19(3)28)25(32-27(30)21-12-8-5-9-13-21)17-24(22)31-26(29)20-10-6-4-7-11-20/h4-14,16-17H,15H2,1-3H3.